The molecular weight excluding hydrogens is 983 g/mol. The van der Waals surface area contributed by atoms with E-state index >= 15 is 0 Å². The maximum atomic E-state index is 13.1. The Bertz CT molecular complexity index is 1470. The average Bonchev–Trinajstić information content (AvgIpc) is 3.47. The predicted octanol–water partition coefficient (Wildman–Crippen LogP) is 18.0. The van der Waals surface area contributed by atoms with Crippen molar-refractivity contribution in [1.82, 2.24) is 5.32 Å². The number of amides is 1. The molecule has 1 aliphatic rings. The fraction of sp³-hybridized carbons (Fsp3) is 0.814. The summed E-state index contributed by atoms with van der Waals surface area (Å²) >= 11 is 0. The summed E-state index contributed by atoms with van der Waals surface area (Å²) in [5.41, 5.74) is 0. The van der Waals surface area contributed by atoms with Crippen LogP contribution in [0.15, 0.2) is 72.9 Å². The van der Waals surface area contributed by atoms with Crippen molar-refractivity contribution < 1.29 is 39.8 Å². The first-order valence-corrected chi connectivity index (χ1v) is 33.7. The summed E-state index contributed by atoms with van der Waals surface area (Å²) in [6, 6.07) is -0.814. The number of aliphatic hydroxyl groups excluding tert-OH is 5. The van der Waals surface area contributed by atoms with E-state index in [4.69, 9.17) is 9.47 Å². The van der Waals surface area contributed by atoms with Gasteiger partial charge < -0.3 is 40.3 Å². The largest absolute Gasteiger partial charge is 0.394 e. The number of nitrogens with one attached hydrogen (secondary N) is 1. The normalized spacial score (nSPS) is 19.0. The molecule has 7 atom stereocenters. The van der Waals surface area contributed by atoms with Crippen LogP contribution >= 0.6 is 0 Å². The SMILES string of the molecule is CC/C=C\C/C=C\C/C=C\C/C=C\C/C=C\CCCCCCCCCCCC(=O)NC(COC1OC(CO)C(O)C(O)C1O)C(O)/C=C/CCCCCCCCCCCCCCCCCCCCCCCCCCCCCCC. The average molecular weight is 1110 g/mol. The van der Waals surface area contributed by atoms with Gasteiger partial charge >= 0.3 is 0 Å². The molecule has 460 valence electrons. The Balaban J connectivity index is 2.16. The van der Waals surface area contributed by atoms with Crippen LogP contribution in [-0.4, -0.2) is 87.5 Å². The molecule has 1 saturated heterocycles. The second-order valence-corrected chi connectivity index (χ2v) is 23.2. The van der Waals surface area contributed by atoms with Crippen molar-refractivity contribution in [3.05, 3.63) is 72.9 Å². The van der Waals surface area contributed by atoms with E-state index in [1.807, 2.05) is 6.08 Å². The summed E-state index contributed by atoms with van der Waals surface area (Å²) in [7, 11) is 0. The molecule has 0 bridgehead atoms. The van der Waals surface area contributed by atoms with E-state index in [2.05, 4.69) is 79.9 Å². The van der Waals surface area contributed by atoms with Gasteiger partial charge in [-0.2, -0.15) is 0 Å². The predicted molar refractivity (Wildman–Crippen MR) is 336 cm³/mol. The highest BCUT2D eigenvalue weighted by Crippen LogP contribution is 2.23. The standard InChI is InChI=1S/C70H127NO8/c1-3-5-7-9-11-13-15-17-19-21-23-25-27-29-30-31-32-33-34-36-37-39-41-43-45-47-49-51-53-55-57-59-64(73)63(62-78-70-69(77)68(76)67(75)65(61-72)79-70)71-66(74)60-58-56-54-52-50-48-46-44-42-40-38-35-28-26-24-22-20-18-16-14-12-10-8-6-4-2/h6,8,12,14,18,20,24,26,35,38,57,59,63-65,67-70,72-73,75-77H,3-5,7,9-11,13,15-17,19,21-23,25,27-34,36-37,39-56,58,60-62H2,1-2H3,(H,71,74)/b8-6-,14-12-,20-18-,26-24-,38-35-,59-57+. The molecule has 1 amide bonds. The summed E-state index contributed by atoms with van der Waals surface area (Å²) in [6.07, 6.45) is 75.7. The van der Waals surface area contributed by atoms with E-state index < -0.39 is 49.5 Å². The molecule has 1 aliphatic heterocycles. The molecule has 79 heavy (non-hydrogen) atoms. The number of carbonyl (C=O) groups excluding carboxylic acids is 1. The fourth-order valence-electron chi connectivity index (χ4n) is 10.5. The Labute approximate surface area is 487 Å². The lowest BCUT2D eigenvalue weighted by atomic mass is 9.99. The Hall–Kier alpha value is -2.37. The van der Waals surface area contributed by atoms with E-state index in [1.54, 1.807) is 6.08 Å². The van der Waals surface area contributed by atoms with Crippen molar-refractivity contribution in [2.24, 2.45) is 0 Å². The monoisotopic (exact) mass is 1110 g/mol. The first-order valence-electron chi connectivity index (χ1n) is 33.7. The Kier molecular flexibility index (Phi) is 55.6. The second-order valence-electron chi connectivity index (χ2n) is 23.2. The minimum atomic E-state index is -1.57. The molecule has 0 saturated carbocycles. The molecule has 6 N–H and O–H groups in total. The van der Waals surface area contributed by atoms with Crippen LogP contribution in [0, 0.1) is 0 Å². The zero-order valence-electron chi connectivity index (χ0n) is 51.4. The summed E-state index contributed by atoms with van der Waals surface area (Å²) in [6.45, 7) is 3.70. The van der Waals surface area contributed by atoms with Gasteiger partial charge in [-0.15, -0.1) is 0 Å². The lowest BCUT2D eigenvalue weighted by Gasteiger charge is -2.40. The van der Waals surface area contributed by atoms with Gasteiger partial charge in [0, 0.05) is 6.42 Å². The topological polar surface area (TPSA) is 149 Å². The number of carbonyl (C=O) groups is 1. The van der Waals surface area contributed by atoms with Gasteiger partial charge in [0.1, 0.15) is 24.4 Å². The summed E-state index contributed by atoms with van der Waals surface area (Å²) in [5, 5.41) is 54.7. The maximum absolute atomic E-state index is 13.1. The van der Waals surface area contributed by atoms with Gasteiger partial charge in [0.25, 0.3) is 0 Å². The van der Waals surface area contributed by atoms with Gasteiger partial charge in [0.05, 0.1) is 25.4 Å². The molecule has 0 spiro atoms. The van der Waals surface area contributed by atoms with Crippen molar-refractivity contribution >= 4 is 5.91 Å². The molecule has 0 radical (unpaired) electrons. The molecule has 0 aliphatic carbocycles. The van der Waals surface area contributed by atoms with Gasteiger partial charge in [0.15, 0.2) is 6.29 Å². The third-order valence-electron chi connectivity index (χ3n) is 15.8. The molecule has 9 heteroatoms. The van der Waals surface area contributed by atoms with Gasteiger partial charge in [-0.05, 0) is 64.2 Å². The lowest BCUT2D eigenvalue weighted by Crippen LogP contribution is -2.60. The molecule has 9 nitrogen and oxygen atoms in total. The third-order valence-corrected chi connectivity index (χ3v) is 15.8. The minimum Gasteiger partial charge on any atom is -0.394 e. The molecule has 1 heterocycles. The van der Waals surface area contributed by atoms with E-state index in [0.717, 1.165) is 83.5 Å². The summed E-state index contributed by atoms with van der Waals surface area (Å²) in [4.78, 5) is 13.1. The van der Waals surface area contributed by atoms with Gasteiger partial charge in [-0.3, -0.25) is 4.79 Å². The van der Waals surface area contributed by atoms with E-state index in [-0.39, 0.29) is 12.5 Å². The fourth-order valence-corrected chi connectivity index (χ4v) is 10.5. The quantitative estimate of drug-likeness (QED) is 0.0261. The van der Waals surface area contributed by atoms with Crippen LogP contribution in [0.4, 0.5) is 0 Å². The van der Waals surface area contributed by atoms with E-state index in [1.165, 1.54) is 205 Å². The maximum Gasteiger partial charge on any atom is 0.220 e. The molecular formula is C70H127NO8. The summed E-state index contributed by atoms with van der Waals surface area (Å²) < 4.78 is 11.3. The number of hydrogen-bond acceptors (Lipinski definition) is 8. The molecule has 1 rings (SSSR count). The van der Waals surface area contributed by atoms with Crippen LogP contribution in [0.5, 0.6) is 0 Å². The van der Waals surface area contributed by atoms with Crippen LogP contribution in [-0.2, 0) is 14.3 Å². The second kappa shape index (κ2) is 58.8. The molecule has 0 aromatic carbocycles. The van der Waals surface area contributed by atoms with Gasteiger partial charge in [-0.1, -0.05) is 311 Å². The smallest absolute Gasteiger partial charge is 0.220 e. The molecule has 0 aromatic rings. The Morgan fingerprint density at radius 1 is 0.443 bits per heavy atom. The highest BCUT2D eigenvalue weighted by molar-refractivity contribution is 5.76. The molecule has 0 aromatic heterocycles. The lowest BCUT2D eigenvalue weighted by molar-refractivity contribution is -0.302. The highest BCUT2D eigenvalue weighted by Gasteiger charge is 2.44. The minimum absolute atomic E-state index is 0.182. The van der Waals surface area contributed by atoms with Crippen LogP contribution in [0.1, 0.15) is 309 Å². The molecule has 7 unspecified atom stereocenters. The van der Waals surface area contributed by atoms with Crippen LogP contribution in [0.3, 0.4) is 0 Å². The third kappa shape index (κ3) is 47.8. The first-order chi connectivity index (χ1) is 38.8. The van der Waals surface area contributed by atoms with E-state index in [9.17, 15) is 30.3 Å². The summed E-state index contributed by atoms with van der Waals surface area (Å²) in [5.74, 6) is -0.182. The Morgan fingerprint density at radius 3 is 1.16 bits per heavy atom. The number of hydrogen-bond donors (Lipinski definition) is 6. The first kappa shape index (κ1) is 74.6. The number of allylic oxidation sites excluding steroid dienone is 11. The molecule has 1 fully saturated rings. The Morgan fingerprint density at radius 2 is 0.785 bits per heavy atom. The zero-order valence-corrected chi connectivity index (χ0v) is 51.4. The highest BCUT2D eigenvalue weighted by atomic mass is 16.7. The number of ether oxygens (including phenoxy) is 2. The van der Waals surface area contributed by atoms with E-state index in [0.29, 0.717) is 6.42 Å². The van der Waals surface area contributed by atoms with Crippen molar-refractivity contribution in [3.63, 3.8) is 0 Å². The van der Waals surface area contributed by atoms with Crippen LogP contribution in [0.2, 0.25) is 0 Å². The number of aliphatic hydroxyl groups is 5. The van der Waals surface area contributed by atoms with Gasteiger partial charge in [0.2, 0.25) is 5.91 Å². The van der Waals surface area contributed by atoms with Crippen molar-refractivity contribution in [2.75, 3.05) is 13.2 Å². The van der Waals surface area contributed by atoms with Crippen LogP contribution < -0.4 is 5.32 Å². The van der Waals surface area contributed by atoms with Gasteiger partial charge in [-0.25, -0.2) is 0 Å². The van der Waals surface area contributed by atoms with Crippen LogP contribution in [0.25, 0.3) is 0 Å². The van der Waals surface area contributed by atoms with Crippen molar-refractivity contribution in [1.29, 1.82) is 0 Å². The van der Waals surface area contributed by atoms with Crippen molar-refractivity contribution in [2.45, 2.75) is 352 Å². The van der Waals surface area contributed by atoms with Crippen molar-refractivity contribution in [3.8, 4) is 0 Å². The number of unbranched alkanes of at least 4 members (excludes halogenated alkanes) is 38. The zero-order chi connectivity index (χ0) is 57.2. The number of rotatable bonds is 58.